The molecule has 36 heavy (non-hydrogen) atoms. The van der Waals surface area contributed by atoms with Crippen LogP contribution in [0.15, 0.2) is 72.9 Å². The van der Waals surface area contributed by atoms with Crippen molar-refractivity contribution >= 4 is 16.7 Å². The van der Waals surface area contributed by atoms with Crippen LogP contribution in [0.4, 0.5) is 0 Å². The van der Waals surface area contributed by atoms with E-state index >= 15 is 0 Å². The number of aliphatic hydroxyl groups is 1. The summed E-state index contributed by atoms with van der Waals surface area (Å²) in [6.07, 6.45) is 6.70. The molecule has 2 aromatic carbocycles. The normalized spacial score (nSPS) is 24.1. The third-order valence-electron chi connectivity index (χ3n) is 8.01. The van der Waals surface area contributed by atoms with E-state index in [2.05, 4.69) is 48.5 Å². The highest BCUT2D eigenvalue weighted by Crippen LogP contribution is 2.46. The highest BCUT2D eigenvalue weighted by molar-refractivity contribution is 5.90. The molecule has 3 aromatic heterocycles. The molecule has 0 amide bonds. The van der Waals surface area contributed by atoms with Gasteiger partial charge in [-0.1, -0.05) is 61.0 Å². The number of fused-ring (bicyclic) bond motifs is 3. The van der Waals surface area contributed by atoms with Crippen molar-refractivity contribution in [2.75, 3.05) is 0 Å². The fourth-order valence-electron chi connectivity index (χ4n) is 5.99. The van der Waals surface area contributed by atoms with Crippen LogP contribution in [0.25, 0.3) is 39.1 Å². The number of hydrogen-bond donors (Lipinski definition) is 2. The van der Waals surface area contributed by atoms with Crippen molar-refractivity contribution in [1.29, 1.82) is 0 Å². The molecule has 6 nitrogen and oxygen atoms in total. The SMILES string of the molecule is CC1(O)CC(N)(c2ccc(-c3nc4c(cnc5cc(C6CCC6)nn54)cc3-c3ccccc3)cc2)C1. The maximum absolute atomic E-state index is 10.2. The third-order valence-corrected chi connectivity index (χ3v) is 8.01. The van der Waals surface area contributed by atoms with E-state index in [9.17, 15) is 5.11 Å². The van der Waals surface area contributed by atoms with Gasteiger partial charge in [0.05, 0.1) is 17.0 Å². The number of rotatable bonds is 4. The lowest BCUT2D eigenvalue weighted by atomic mass is 9.63. The maximum Gasteiger partial charge on any atom is 0.165 e. The van der Waals surface area contributed by atoms with Crippen LogP contribution in [-0.4, -0.2) is 30.3 Å². The molecule has 0 aliphatic heterocycles. The van der Waals surface area contributed by atoms with Gasteiger partial charge < -0.3 is 10.8 Å². The van der Waals surface area contributed by atoms with Gasteiger partial charge in [0.1, 0.15) is 0 Å². The van der Waals surface area contributed by atoms with Gasteiger partial charge in [0, 0.05) is 40.2 Å². The van der Waals surface area contributed by atoms with Crippen LogP contribution in [0.2, 0.25) is 0 Å². The summed E-state index contributed by atoms with van der Waals surface area (Å²) in [6.45, 7) is 1.85. The standard InChI is InChI=1S/C30H29N5O/c1-29(36)17-30(31,18-29)23-12-10-21(11-13-23)27-24(19-6-3-2-4-7-19)14-22-16-32-26-15-25(20-8-5-9-20)34-35(26)28(22)33-27/h2-4,6-7,10-16,20,36H,5,8-9,17-18,31H2,1H3. The van der Waals surface area contributed by atoms with Gasteiger partial charge in [0.15, 0.2) is 11.3 Å². The Morgan fingerprint density at radius 1 is 0.972 bits per heavy atom. The molecule has 5 aromatic rings. The summed E-state index contributed by atoms with van der Waals surface area (Å²) in [5.41, 5.74) is 13.3. The second-order valence-electron chi connectivity index (χ2n) is 11.0. The van der Waals surface area contributed by atoms with Crippen molar-refractivity contribution < 1.29 is 5.11 Å². The number of benzene rings is 2. The van der Waals surface area contributed by atoms with Crippen LogP contribution in [-0.2, 0) is 5.54 Å². The summed E-state index contributed by atoms with van der Waals surface area (Å²) in [7, 11) is 0. The van der Waals surface area contributed by atoms with Crippen molar-refractivity contribution in [3.63, 3.8) is 0 Å². The first-order chi connectivity index (χ1) is 17.4. The third kappa shape index (κ3) is 3.44. The monoisotopic (exact) mass is 475 g/mol. The summed E-state index contributed by atoms with van der Waals surface area (Å²) in [5, 5.41) is 16.1. The Balaban J connectivity index is 1.38. The Bertz CT molecular complexity index is 1590. The largest absolute Gasteiger partial charge is 0.390 e. The van der Waals surface area contributed by atoms with Gasteiger partial charge in [-0.25, -0.2) is 9.97 Å². The van der Waals surface area contributed by atoms with Crippen LogP contribution in [0.1, 0.15) is 56.2 Å². The molecule has 2 fully saturated rings. The first kappa shape index (κ1) is 21.7. The predicted molar refractivity (Wildman–Crippen MR) is 141 cm³/mol. The number of pyridine rings is 1. The van der Waals surface area contributed by atoms with Crippen molar-refractivity contribution in [3.05, 3.63) is 84.2 Å². The van der Waals surface area contributed by atoms with Crippen molar-refractivity contribution in [2.45, 2.75) is 56.1 Å². The zero-order valence-electron chi connectivity index (χ0n) is 20.4. The smallest absolute Gasteiger partial charge is 0.165 e. The molecular weight excluding hydrogens is 446 g/mol. The predicted octanol–water partition coefficient (Wildman–Crippen LogP) is 5.58. The van der Waals surface area contributed by atoms with Crippen LogP contribution < -0.4 is 5.73 Å². The molecule has 0 radical (unpaired) electrons. The van der Waals surface area contributed by atoms with Crippen molar-refractivity contribution in [2.24, 2.45) is 5.73 Å². The van der Waals surface area contributed by atoms with E-state index in [0.29, 0.717) is 18.8 Å². The maximum atomic E-state index is 10.2. The lowest BCUT2D eigenvalue weighted by Crippen LogP contribution is -2.58. The number of nitrogens with zero attached hydrogens (tertiary/aromatic N) is 4. The van der Waals surface area contributed by atoms with Crippen LogP contribution >= 0.6 is 0 Å². The minimum atomic E-state index is -0.685. The molecule has 2 aliphatic carbocycles. The average molecular weight is 476 g/mol. The van der Waals surface area contributed by atoms with E-state index in [1.165, 1.54) is 19.3 Å². The topological polar surface area (TPSA) is 89.3 Å². The van der Waals surface area contributed by atoms with Crippen molar-refractivity contribution in [3.8, 4) is 22.4 Å². The Morgan fingerprint density at radius 2 is 1.72 bits per heavy atom. The van der Waals surface area contributed by atoms with Gasteiger partial charge in [0.2, 0.25) is 0 Å². The van der Waals surface area contributed by atoms with Gasteiger partial charge in [-0.2, -0.15) is 9.61 Å². The number of aromatic nitrogens is 4. The van der Waals surface area contributed by atoms with Gasteiger partial charge in [0.25, 0.3) is 0 Å². The summed E-state index contributed by atoms with van der Waals surface area (Å²) >= 11 is 0. The van der Waals surface area contributed by atoms with E-state index in [4.69, 9.17) is 20.8 Å². The molecule has 7 rings (SSSR count). The molecule has 6 heteroatoms. The molecule has 180 valence electrons. The Hall–Kier alpha value is -3.61. The van der Waals surface area contributed by atoms with Crippen molar-refractivity contribution in [1.82, 2.24) is 19.6 Å². The molecule has 0 atom stereocenters. The molecule has 0 unspecified atom stereocenters. The molecule has 3 N–H and O–H groups in total. The minimum Gasteiger partial charge on any atom is -0.390 e. The molecule has 2 aliphatic rings. The molecule has 2 saturated carbocycles. The van der Waals surface area contributed by atoms with Gasteiger partial charge in [-0.05, 0) is 49.8 Å². The molecule has 3 heterocycles. The zero-order chi connectivity index (χ0) is 24.5. The first-order valence-electron chi connectivity index (χ1n) is 12.8. The average Bonchev–Trinajstić information content (AvgIpc) is 3.25. The highest BCUT2D eigenvalue weighted by atomic mass is 16.3. The lowest BCUT2D eigenvalue weighted by Gasteiger charge is -2.49. The minimum absolute atomic E-state index is 0.480. The van der Waals surface area contributed by atoms with E-state index in [0.717, 1.165) is 50.3 Å². The number of hydrogen-bond acceptors (Lipinski definition) is 5. The highest BCUT2D eigenvalue weighted by Gasteiger charge is 2.49. The summed E-state index contributed by atoms with van der Waals surface area (Å²) in [5.74, 6) is 0.535. The number of nitrogens with two attached hydrogens (primary N) is 1. The summed E-state index contributed by atoms with van der Waals surface area (Å²) in [6, 6.07) is 23.0. The van der Waals surface area contributed by atoms with E-state index in [-0.39, 0.29) is 0 Å². The summed E-state index contributed by atoms with van der Waals surface area (Å²) in [4.78, 5) is 9.91. The van der Waals surface area contributed by atoms with E-state index in [1.807, 2.05) is 35.8 Å². The molecular formula is C30H29N5O. The Kier molecular flexibility index (Phi) is 4.63. The van der Waals surface area contributed by atoms with E-state index in [1.54, 1.807) is 0 Å². The second kappa shape index (κ2) is 7.69. The Morgan fingerprint density at radius 3 is 2.39 bits per heavy atom. The molecule has 0 bridgehead atoms. The lowest BCUT2D eigenvalue weighted by molar-refractivity contribution is -0.0738. The van der Waals surface area contributed by atoms with E-state index < -0.39 is 11.1 Å². The summed E-state index contributed by atoms with van der Waals surface area (Å²) < 4.78 is 1.90. The second-order valence-corrected chi connectivity index (χ2v) is 11.0. The fraction of sp³-hybridized carbons (Fsp3) is 0.300. The van der Waals surface area contributed by atoms with Crippen LogP contribution in [0.5, 0.6) is 0 Å². The van der Waals surface area contributed by atoms with Crippen LogP contribution in [0.3, 0.4) is 0 Å². The first-order valence-corrected chi connectivity index (χ1v) is 12.8. The van der Waals surface area contributed by atoms with Gasteiger partial charge in [-0.15, -0.1) is 0 Å². The molecule has 0 saturated heterocycles. The van der Waals surface area contributed by atoms with Gasteiger partial charge >= 0.3 is 0 Å². The Labute approximate surface area is 209 Å². The van der Waals surface area contributed by atoms with Crippen LogP contribution in [0, 0.1) is 0 Å². The fourth-order valence-corrected chi connectivity index (χ4v) is 5.99. The molecule has 0 spiro atoms. The van der Waals surface area contributed by atoms with Gasteiger partial charge in [-0.3, -0.25) is 0 Å². The zero-order valence-corrected chi connectivity index (χ0v) is 20.4. The quantitative estimate of drug-likeness (QED) is 0.354.